The molecule has 0 spiro atoms. The lowest BCUT2D eigenvalue weighted by Crippen LogP contribution is -2.13. The van der Waals surface area contributed by atoms with E-state index in [2.05, 4.69) is 43.5 Å². The second kappa shape index (κ2) is 7.86. The van der Waals surface area contributed by atoms with Crippen molar-refractivity contribution in [1.29, 1.82) is 0 Å². The van der Waals surface area contributed by atoms with Crippen molar-refractivity contribution in [2.45, 2.75) is 26.2 Å². The number of hydrogen-bond acceptors (Lipinski definition) is 5. The van der Waals surface area contributed by atoms with E-state index in [1.165, 1.54) is 6.33 Å². The van der Waals surface area contributed by atoms with Crippen molar-refractivity contribution in [1.82, 2.24) is 9.97 Å². The van der Waals surface area contributed by atoms with Gasteiger partial charge in [-0.25, -0.2) is 9.97 Å². The molecule has 0 radical (unpaired) electrons. The number of hydrogen-bond donors (Lipinski definition) is 3. The second-order valence-electron chi connectivity index (χ2n) is 3.81. The Labute approximate surface area is 115 Å². The van der Waals surface area contributed by atoms with Crippen molar-refractivity contribution in [3.63, 3.8) is 0 Å². The molecule has 7 heteroatoms. The highest BCUT2D eigenvalue weighted by atomic mass is 79.9. The summed E-state index contributed by atoms with van der Waals surface area (Å²) in [4.78, 5) is 18.9. The van der Waals surface area contributed by atoms with Gasteiger partial charge in [0.15, 0.2) is 0 Å². The maximum absolute atomic E-state index is 10.6. The minimum Gasteiger partial charge on any atom is -0.370 e. The van der Waals surface area contributed by atoms with Gasteiger partial charge in [-0.3, -0.25) is 4.79 Å². The van der Waals surface area contributed by atoms with Gasteiger partial charge < -0.3 is 16.4 Å². The third kappa shape index (κ3) is 4.87. The van der Waals surface area contributed by atoms with Crippen LogP contribution in [0.3, 0.4) is 0 Å². The molecule has 0 bridgehead atoms. The molecule has 0 aromatic carbocycles. The van der Waals surface area contributed by atoms with E-state index in [9.17, 15) is 4.79 Å². The van der Waals surface area contributed by atoms with Crippen molar-refractivity contribution >= 4 is 33.5 Å². The van der Waals surface area contributed by atoms with Gasteiger partial charge >= 0.3 is 0 Å². The summed E-state index contributed by atoms with van der Waals surface area (Å²) in [5.74, 6) is 1.20. The number of nitrogens with one attached hydrogen (secondary N) is 2. The zero-order valence-corrected chi connectivity index (χ0v) is 12.0. The molecule has 100 valence electrons. The summed E-state index contributed by atoms with van der Waals surface area (Å²) in [5.41, 5.74) is 5.07. The molecule has 0 fully saturated rings. The number of amides is 1. The lowest BCUT2D eigenvalue weighted by atomic mass is 10.3. The first-order chi connectivity index (χ1) is 8.65. The highest BCUT2D eigenvalue weighted by Gasteiger charge is 2.07. The first-order valence-corrected chi connectivity index (χ1v) is 6.71. The molecule has 4 N–H and O–H groups in total. The molecule has 1 heterocycles. The number of nitrogens with two attached hydrogens (primary N) is 1. The summed E-state index contributed by atoms with van der Waals surface area (Å²) in [6.45, 7) is 3.59. The molecule has 6 nitrogen and oxygen atoms in total. The van der Waals surface area contributed by atoms with Crippen LogP contribution in [0.25, 0.3) is 0 Å². The third-order valence-corrected chi connectivity index (χ3v) is 2.98. The molecule has 0 saturated carbocycles. The molecule has 0 atom stereocenters. The Morgan fingerprint density at radius 3 is 2.50 bits per heavy atom. The number of anilines is 2. The molecule has 0 unspecified atom stereocenters. The van der Waals surface area contributed by atoms with Gasteiger partial charge in [0, 0.05) is 19.5 Å². The zero-order chi connectivity index (χ0) is 13.4. The van der Waals surface area contributed by atoms with Gasteiger partial charge in [0.2, 0.25) is 5.91 Å². The first kappa shape index (κ1) is 14.7. The molecule has 0 aliphatic rings. The fourth-order valence-electron chi connectivity index (χ4n) is 1.33. The number of halogens is 1. The molecule has 0 saturated heterocycles. The number of carbonyl (C=O) groups excluding carboxylic acids is 1. The van der Waals surface area contributed by atoms with Crippen molar-refractivity contribution in [3.05, 3.63) is 10.8 Å². The number of primary amides is 1. The highest BCUT2D eigenvalue weighted by Crippen LogP contribution is 2.26. The predicted molar refractivity (Wildman–Crippen MR) is 75.4 cm³/mol. The van der Waals surface area contributed by atoms with Crippen molar-refractivity contribution < 1.29 is 4.79 Å². The molecule has 1 rings (SSSR count). The minimum absolute atomic E-state index is 0.288. The molecule has 0 aliphatic heterocycles. The van der Waals surface area contributed by atoms with Gasteiger partial charge in [0.05, 0.1) is 0 Å². The molecular formula is C11H18BrN5O. The third-order valence-electron chi connectivity index (χ3n) is 2.22. The SMILES string of the molecule is CCCNc1ncnc(NCCCC(N)=O)c1Br. The average molecular weight is 316 g/mol. The summed E-state index contributed by atoms with van der Waals surface area (Å²) in [5, 5.41) is 6.34. The molecule has 0 aliphatic carbocycles. The van der Waals surface area contributed by atoms with Gasteiger partial charge in [0.1, 0.15) is 22.4 Å². The number of aromatic nitrogens is 2. The van der Waals surface area contributed by atoms with Gasteiger partial charge in [-0.05, 0) is 28.8 Å². The van der Waals surface area contributed by atoms with E-state index in [-0.39, 0.29) is 5.91 Å². The zero-order valence-electron chi connectivity index (χ0n) is 10.4. The molecule has 1 aromatic rings. The topological polar surface area (TPSA) is 92.9 Å². The van der Waals surface area contributed by atoms with Crippen LogP contribution in [0.4, 0.5) is 11.6 Å². The Balaban J connectivity index is 2.52. The summed E-state index contributed by atoms with van der Waals surface area (Å²) < 4.78 is 0.803. The minimum atomic E-state index is -0.288. The van der Waals surface area contributed by atoms with E-state index in [0.29, 0.717) is 25.2 Å². The van der Waals surface area contributed by atoms with E-state index in [1.54, 1.807) is 0 Å². The molecule has 1 aromatic heterocycles. The second-order valence-corrected chi connectivity index (χ2v) is 4.60. The van der Waals surface area contributed by atoms with Crippen molar-refractivity contribution in [3.8, 4) is 0 Å². The van der Waals surface area contributed by atoms with E-state index < -0.39 is 0 Å². The lowest BCUT2D eigenvalue weighted by molar-refractivity contribution is -0.118. The number of carbonyl (C=O) groups is 1. The van der Waals surface area contributed by atoms with E-state index in [1.807, 2.05) is 0 Å². The molecule has 18 heavy (non-hydrogen) atoms. The van der Waals surface area contributed by atoms with Crippen LogP contribution >= 0.6 is 15.9 Å². The molecule has 1 amide bonds. The first-order valence-electron chi connectivity index (χ1n) is 5.91. The monoisotopic (exact) mass is 315 g/mol. The van der Waals surface area contributed by atoms with Crippen LogP contribution in [0, 0.1) is 0 Å². The van der Waals surface area contributed by atoms with Gasteiger partial charge in [-0.2, -0.15) is 0 Å². The largest absolute Gasteiger partial charge is 0.370 e. The highest BCUT2D eigenvalue weighted by molar-refractivity contribution is 9.10. The van der Waals surface area contributed by atoms with Crippen LogP contribution in [0.5, 0.6) is 0 Å². The summed E-state index contributed by atoms with van der Waals surface area (Å²) in [6, 6.07) is 0. The van der Waals surface area contributed by atoms with Crippen LogP contribution in [-0.4, -0.2) is 29.0 Å². The summed E-state index contributed by atoms with van der Waals surface area (Å²) in [7, 11) is 0. The van der Waals surface area contributed by atoms with Crippen LogP contribution < -0.4 is 16.4 Å². The van der Waals surface area contributed by atoms with Crippen LogP contribution in [0.2, 0.25) is 0 Å². The Kier molecular flexibility index (Phi) is 6.42. The van der Waals surface area contributed by atoms with Crippen LogP contribution in [0.1, 0.15) is 26.2 Å². The van der Waals surface area contributed by atoms with Crippen LogP contribution in [0.15, 0.2) is 10.8 Å². The van der Waals surface area contributed by atoms with Crippen molar-refractivity contribution in [2.24, 2.45) is 5.73 Å². The van der Waals surface area contributed by atoms with E-state index in [4.69, 9.17) is 5.73 Å². The maximum Gasteiger partial charge on any atom is 0.217 e. The van der Waals surface area contributed by atoms with Crippen LogP contribution in [-0.2, 0) is 4.79 Å². The fourth-order valence-corrected chi connectivity index (χ4v) is 1.81. The van der Waals surface area contributed by atoms with E-state index in [0.717, 1.165) is 23.3 Å². The quantitative estimate of drug-likeness (QED) is 0.635. The van der Waals surface area contributed by atoms with Gasteiger partial charge in [-0.1, -0.05) is 6.92 Å². The normalized spacial score (nSPS) is 10.1. The fraction of sp³-hybridized carbons (Fsp3) is 0.545. The average Bonchev–Trinajstić information content (AvgIpc) is 2.34. The lowest BCUT2D eigenvalue weighted by Gasteiger charge is -2.10. The summed E-state index contributed by atoms with van der Waals surface area (Å²) in [6.07, 6.45) is 3.58. The predicted octanol–water partition coefficient (Wildman–Crippen LogP) is 1.74. The number of rotatable bonds is 8. The Bertz CT molecular complexity index is 399. The van der Waals surface area contributed by atoms with E-state index >= 15 is 0 Å². The van der Waals surface area contributed by atoms with Gasteiger partial charge in [0.25, 0.3) is 0 Å². The smallest absolute Gasteiger partial charge is 0.217 e. The number of nitrogens with zero attached hydrogens (tertiary/aromatic N) is 2. The Morgan fingerprint density at radius 1 is 1.33 bits per heavy atom. The van der Waals surface area contributed by atoms with Crippen molar-refractivity contribution in [2.75, 3.05) is 23.7 Å². The van der Waals surface area contributed by atoms with Gasteiger partial charge in [-0.15, -0.1) is 0 Å². The Hall–Kier alpha value is -1.37. The maximum atomic E-state index is 10.6. The molecular weight excluding hydrogens is 298 g/mol. The summed E-state index contributed by atoms with van der Waals surface area (Å²) >= 11 is 3.45. The Morgan fingerprint density at radius 2 is 1.94 bits per heavy atom. The standard InChI is InChI=1S/C11H18BrN5O/c1-2-5-14-10-9(12)11(17-7-16-10)15-6-3-4-8(13)18/h7H,2-6H2,1H3,(H2,13,18)(H2,14,15,16,17).